The minimum atomic E-state index is -1.14. The summed E-state index contributed by atoms with van der Waals surface area (Å²) in [5.74, 6) is -2.24. The standard InChI is InChI=1S/C24H35N5O6S/c1-11-18-17(12(2)30)23(33)29(18)19(24(34)35)20(11)36-14-8-16(26-9-14)22(32)28-7-5-13(10-28)27-21(31)15-4-3-6-25-15/h11-18,25-26,30H,3-10H2,1-2H3,(H,27,31)(H,34,35)/t11-,12-,13-,14+,15+,16+,17-,18-/m1/s1. The number of hydrogen-bond donors (Lipinski definition) is 5. The van der Waals surface area contributed by atoms with Crippen LogP contribution in [0.15, 0.2) is 10.6 Å². The number of likely N-dealkylation sites (tertiary alicyclic amines) is 1. The zero-order chi connectivity index (χ0) is 25.7. The van der Waals surface area contributed by atoms with Crippen molar-refractivity contribution in [2.24, 2.45) is 11.8 Å². The molecule has 0 aromatic carbocycles. The van der Waals surface area contributed by atoms with Crippen molar-refractivity contribution in [2.45, 2.75) is 75.1 Å². The maximum atomic E-state index is 13.2. The van der Waals surface area contributed by atoms with Crippen LogP contribution in [-0.4, -0.2) is 105 Å². The van der Waals surface area contributed by atoms with Gasteiger partial charge in [-0.15, -0.1) is 11.8 Å². The highest BCUT2D eigenvalue weighted by Gasteiger charge is 2.60. The first-order valence-corrected chi connectivity index (χ1v) is 13.8. The van der Waals surface area contributed by atoms with Gasteiger partial charge in [-0.2, -0.15) is 0 Å². The Morgan fingerprint density at radius 1 is 1.19 bits per heavy atom. The number of β-lactam (4-membered cyclic amide) rings is 1. The molecule has 0 aromatic heterocycles. The fourth-order valence-corrected chi connectivity index (χ4v) is 7.83. The summed E-state index contributed by atoms with van der Waals surface area (Å²) in [4.78, 5) is 53.9. The van der Waals surface area contributed by atoms with Gasteiger partial charge in [0.2, 0.25) is 17.7 Å². The predicted octanol–water partition coefficient (Wildman–Crippen LogP) is -0.927. The Hall–Kier alpha value is -2.15. The molecule has 5 heterocycles. The lowest BCUT2D eigenvalue weighted by Crippen LogP contribution is -2.63. The molecule has 12 heteroatoms. The Bertz CT molecular complexity index is 982. The molecule has 5 N–H and O–H groups in total. The fourth-order valence-electron chi connectivity index (χ4n) is 6.35. The van der Waals surface area contributed by atoms with Gasteiger partial charge in [0.25, 0.3) is 0 Å². The molecule has 3 amide bonds. The van der Waals surface area contributed by atoms with Gasteiger partial charge in [-0.25, -0.2) is 4.79 Å². The zero-order valence-electron chi connectivity index (χ0n) is 20.6. The molecule has 0 spiro atoms. The molecule has 5 rings (SSSR count). The monoisotopic (exact) mass is 521 g/mol. The summed E-state index contributed by atoms with van der Waals surface area (Å²) >= 11 is 1.44. The molecule has 5 aliphatic heterocycles. The van der Waals surface area contributed by atoms with Crippen molar-refractivity contribution in [3.8, 4) is 0 Å². The van der Waals surface area contributed by atoms with E-state index in [1.165, 1.54) is 16.7 Å². The molecule has 5 aliphatic rings. The van der Waals surface area contributed by atoms with E-state index >= 15 is 0 Å². The minimum Gasteiger partial charge on any atom is -0.477 e. The third kappa shape index (κ3) is 4.42. The van der Waals surface area contributed by atoms with Gasteiger partial charge in [-0.3, -0.25) is 14.4 Å². The van der Waals surface area contributed by atoms with E-state index in [0.717, 1.165) is 25.8 Å². The highest BCUT2D eigenvalue weighted by Crippen LogP contribution is 2.51. The van der Waals surface area contributed by atoms with Gasteiger partial charge in [-0.05, 0) is 39.2 Å². The summed E-state index contributed by atoms with van der Waals surface area (Å²) in [5, 5.41) is 29.4. The highest BCUT2D eigenvalue weighted by atomic mass is 32.2. The van der Waals surface area contributed by atoms with Crippen LogP contribution in [0.2, 0.25) is 0 Å². The quantitative estimate of drug-likeness (QED) is 0.268. The summed E-state index contributed by atoms with van der Waals surface area (Å²) in [6.07, 6.45) is 2.30. The molecular weight excluding hydrogens is 486 g/mol. The third-order valence-corrected chi connectivity index (χ3v) is 9.73. The van der Waals surface area contributed by atoms with Crippen molar-refractivity contribution in [3.05, 3.63) is 10.6 Å². The van der Waals surface area contributed by atoms with E-state index in [1.54, 1.807) is 11.8 Å². The minimum absolute atomic E-state index is 0.00361. The lowest BCUT2D eigenvalue weighted by molar-refractivity contribution is -0.163. The number of amides is 3. The second-order valence-electron chi connectivity index (χ2n) is 10.6. The van der Waals surface area contributed by atoms with Crippen LogP contribution >= 0.6 is 11.8 Å². The first-order valence-electron chi connectivity index (χ1n) is 12.9. The molecule has 8 atom stereocenters. The maximum absolute atomic E-state index is 13.2. The average Bonchev–Trinajstić information content (AvgIpc) is 3.61. The highest BCUT2D eigenvalue weighted by molar-refractivity contribution is 8.03. The molecule has 0 radical (unpaired) electrons. The lowest BCUT2D eigenvalue weighted by Gasteiger charge is -2.46. The number of fused-ring (bicyclic) bond motifs is 1. The van der Waals surface area contributed by atoms with Gasteiger partial charge in [0, 0.05) is 41.7 Å². The van der Waals surface area contributed by atoms with E-state index in [0.29, 0.717) is 31.0 Å². The fraction of sp³-hybridized carbons (Fsp3) is 0.750. The van der Waals surface area contributed by atoms with Crippen molar-refractivity contribution < 1.29 is 29.4 Å². The number of nitrogens with zero attached hydrogens (tertiary/aromatic N) is 2. The Morgan fingerprint density at radius 3 is 2.64 bits per heavy atom. The van der Waals surface area contributed by atoms with Crippen LogP contribution in [-0.2, 0) is 19.2 Å². The second kappa shape index (κ2) is 9.96. The largest absolute Gasteiger partial charge is 0.477 e. The van der Waals surface area contributed by atoms with Crippen LogP contribution in [0.1, 0.15) is 39.5 Å². The molecule has 0 bridgehead atoms. The number of nitrogens with one attached hydrogen (secondary N) is 3. The Morgan fingerprint density at radius 2 is 1.97 bits per heavy atom. The summed E-state index contributed by atoms with van der Waals surface area (Å²) in [6.45, 7) is 5.99. The van der Waals surface area contributed by atoms with Crippen LogP contribution in [0.3, 0.4) is 0 Å². The first-order chi connectivity index (χ1) is 17.2. The average molecular weight is 522 g/mol. The number of aliphatic carboxylic acids is 1. The smallest absolute Gasteiger partial charge is 0.353 e. The van der Waals surface area contributed by atoms with Crippen molar-refractivity contribution in [3.63, 3.8) is 0 Å². The SMILES string of the molecule is C[C@@H](O)[C@H]1C(=O)N2C(C(=O)O)=C(S[C@@H]3CN[C@H](C(=O)N4CC[C@@H](NC(=O)[C@@H]5CCCN5)C4)C3)[C@H](C)[C@H]12. The predicted molar refractivity (Wildman–Crippen MR) is 132 cm³/mol. The number of hydrogen-bond acceptors (Lipinski definition) is 8. The molecule has 36 heavy (non-hydrogen) atoms. The van der Waals surface area contributed by atoms with Crippen LogP contribution in [0.4, 0.5) is 0 Å². The number of rotatable bonds is 7. The number of carboxylic acids is 1. The third-order valence-electron chi connectivity index (χ3n) is 8.22. The Kier molecular flexibility index (Phi) is 7.05. The van der Waals surface area contributed by atoms with Gasteiger partial charge in [0.05, 0.1) is 30.1 Å². The lowest BCUT2D eigenvalue weighted by atomic mass is 9.79. The second-order valence-corrected chi connectivity index (χ2v) is 12.0. The van der Waals surface area contributed by atoms with E-state index in [9.17, 15) is 29.4 Å². The molecule has 0 aromatic rings. The topological polar surface area (TPSA) is 151 Å². The summed E-state index contributed by atoms with van der Waals surface area (Å²) in [7, 11) is 0. The zero-order valence-corrected chi connectivity index (χ0v) is 21.4. The molecular formula is C24H35N5O6S. The van der Waals surface area contributed by atoms with Crippen LogP contribution in [0.5, 0.6) is 0 Å². The van der Waals surface area contributed by atoms with E-state index in [1.807, 2.05) is 6.92 Å². The maximum Gasteiger partial charge on any atom is 0.353 e. The molecule has 0 aliphatic carbocycles. The number of carbonyl (C=O) groups excluding carboxylic acids is 3. The number of aliphatic hydroxyl groups is 1. The Balaban J connectivity index is 1.17. The van der Waals surface area contributed by atoms with Crippen molar-refractivity contribution in [1.82, 2.24) is 25.8 Å². The summed E-state index contributed by atoms with van der Waals surface area (Å²) in [5.41, 5.74) is 0.0176. The number of thioether (sulfide) groups is 1. The van der Waals surface area contributed by atoms with E-state index < -0.39 is 18.0 Å². The Labute approximate surface area is 214 Å². The molecule has 11 nitrogen and oxygen atoms in total. The van der Waals surface area contributed by atoms with Gasteiger partial charge >= 0.3 is 5.97 Å². The van der Waals surface area contributed by atoms with Gasteiger partial charge in [0.15, 0.2) is 0 Å². The van der Waals surface area contributed by atoms with Gasteiger partial charge in [0.1, 0.15) is 5.70 Å². The molecule has 0 unspecified atom stereocenters. The van der Waals surface area contributed by atoms with Crippen molar-refractivity contribution in [2.75, 3.05) is 26.2 Å². The van der Waals surface area contributed by atoms with E-state index in [-0.39, 0.29) is 58.8 Å². The van der Waals surface area contributed by atoms with Crippen molar-refractivity contribution in [1.29, 1.82) is 0 Å². The normalized spacial score (nSPS) is 36.8. The first kappa shape index (κ1) is 25.5. The van der Waals surface area contributed by atoms with Crippen LogP contribution in [0, 0.1) is 11.8 Å². The van der Waals surface area contributed by atoms with Gasteiger partial charge < -0.3 is 36.0 Å². The molecule has 4 saturated heterocycles. The molecule has 0 saturated carbocycles. The summed E-state index contributed by atoms with van der Waals surface area (Å²) < 4.78 is 0. The van der Waals surface area contributed by atoms with Crippen LogP contribution < -0.4 is 16.0 Å². The van der Waals surface area contributed by atoms with E-state index in [4.69, 9.17) is 0 Å². The molecule has 4 fully saturated rings. The van der Waals surface area contributed by atoms with Gasteiger partial charge in [-0.1, -0.05) is 6.92 Å². The number of carboxylic acid groups (broad SMARTS) is 1. The molecule has 198 valence electrons. The summed E-state index contributed by atoms with van der Waals surface area (Å²) in [6, 6.07) is -0.872. The van der Waals surface area contributed by atoms with Crippen LogP contribution in [0.25, 0.3) is 0 Å². The van der Waals surface area contributed by atoms with Crippen molar-refractivity contribution >= 4 is 35.5 Å². The number of carbonyl (C=O) groups is 4. The van der Waals surface area contributed by atoms with E-state index in [2.05, 4.69) is 16.0 Å². The number of aliphatic hydroxyl groups excluding tert-OH is 1.